The summed E-state index contributed by atoms with van der Waals surface area (Å²) in [5, 5.41) is 22.8. The van der Waals surface area contributed by atoms with Gasteiger partial charge in [-0.1, -0.05) is 176 Å². The molecule has 9 aromatic rings. The topological polar surface area (TPSA) is 78.9 Å². The maximum atomic E-state index is 11.4. The molecule has 0 aliphatic rings. The number of hydrogen-bond donors (Lipinski definition) is 1. The molecule has 0 saturated carbocycles. The number of para-hydroxylation sites is 1. The van der Waals surface area contributed by atoms with Crippen LogP contribution in [0, 0.1) is 23.2 Å². The second kappa shape index (κ2) is 15.5. The molecule has 0 unspecified atom stereocenters. The van der Waals surface area contributed by atoms with E-state index in [-0.39, 0.29) is 5.57 Å². The van der Waals surface area contributed by atoms with E-state index in [1.54, 1.807) is 6.07 Å². The van der Waals surface area contributed by atoms with E-state index in [4.69, 9.17) is 4.98 Å². The number of fused-ring (bicyclic) bond motifs is 2. The van der Waals surface area contributed by atoms with Gasteiger partial charge in [-0.2, -0.15) is 5.26 Å². The molecule has 0 aliphatic carbocycles. The van der Waals surface area contributed by atoms with E-state index in [1.807, 2.05) is 78.9 Å². The molecule has 272 valence electrons. The third-order valence-corrected chi connectivity index (χ3v) is 10.3. The number of nitrogens with zero attached hydrogens (tertiary/aromatic N) is 3. The minimum Gasteiger partial charge on any atom is -0.477 e. The highest BCUT2D eigenvalue weighted by molar-refractivity contribution is 6.16. The summed E-state index contributed by atoms with van der Waals surface area (Å²) >= 11 is 0. The van der Waals surface area contributed by atoms with Crippen molar-refractivity contribution in [2.24, 2.45) is 0 Å². The number of rotatable bonds is 7. The van der Waals surface area contributed by atoms with E-state index < -0.39 is 5.97 Å². The Kier molecular flexibility index (Phi) is 9.46. The third kappa shape index (κ3) is 6.71. The molecule has 0 amide bonds. The second-order valence-corrected chi connectivity index (χ2v) is 13.8. The Morgan fingerprint density at radius 3 is 1.64 bits per heavy atom. The maximum Gasteiger partial charge on any atom is 0.346 e. The lowest BCUT2D eigenvalue weighted by molar-refractivity contribution is -0.132. The standard InChI is InChI=1S/C53H33N3O2/c54-35-42(53(57)58)34-37-26-29-38(30-27-37)49-47-22-12-10-20-44(47)46(45-21-11-13-23-48(45)49)33-28-36-24-31-41(32-25-36)52-55-50(39-14-4-1-5-15-39)51(40-16-6-2-7-17-40)56(52)43-18-8-3-9-19-43/h1-27,29-32,34H,(H,57,58)/b42-34+. The van der Waals surface area contributed by atoms with Crippen molar-refractivity contribution in [3.05, 3.63) is 210 Å². The molecule has 0 radical (unpaired) electrons. The van der Waals surface area contributed by atoms with Crippen molar-refractivity contribution in [1.29, 1.82) is 5.26 Å². The number of benzene rings is 8. The highest BCUT2D eigenvalue weighted by Crippen LogP contribution is 2.40. The number of aliphatic carboxylic acids is 1. The Hall–Kier alpha value is -8.25. The molecule has 5 heteroatoms. The van der Waals surface area contributed by atoms with Crippen LogP contribution in [-0.4, -0.2) is 20.6 Å². The van der Waals surface area contributed by atoms with Crippen molar-refractivity contribution in [2.75, 3.05) is 0 Å². The lowest BCUT2D eigenvalue weighted by Gasteiger charge is -2.15. The van der Waals surface area contributed by atoms with Gasteiger partial charge in [-0.05, 0) is 68.6 Å². The number of carbonyl (C=O) groups is 1. The van der Waals surface area contributed by atoms with Crippen molar-refractivity contribution < 1.29 is 9.90 Å². The molecular formula is C53H33N3O2. The van der Waals surface area contributed by atoms with Crippen LogP contribution in [0.1, 0.15) is 16.7 Å². The van der Waals surface area contributed by atoms with E-state index >= 15 is 0 Å². The Bertz CT molecular complexity index is 3050. The number of carboxylic acid groups (broad SMARTS) is 1. The third-order valence-electron chi connectivity index (χ3n) is 10.3. The largest absolute Gasteiger partial charge is 0.477 e. The van der Waals surface area contributed by atoms with Gasteiger partial charge >= 0.3 is 5.97 Å². The quantitative estimate of drug-likeness (QED) is 0.0763. The van der Waals surface area contributed by atoms with Crippen molar-refractivity contribution in [2.45, 2.75) is 0 Å². The Morgan fingerprint density at radius 1 is 0.552 bits per heavy atom. The predicted molar refractivity (Wildman–Crippen MR) is 234 cm³/mol. The fourth-order valence-electron chi connectivity index (χ4n) is 7.57. The first-order valence-corrected chi connectivity index (χ1v) is 18.9. The molecule has 0 fully saturated rings. The Morgan fingerprint density at radius 2 is 1.07 bits per heavy atom. The van der Waals surface area contributed by atoms with Gasteiger partial charge in [0.1, 0.15) is 17.5 Å². The zero-order valence-corrected chi connectivity index (χ0v) is 31.2. The van der Waals surface area contributed by atoms with E-state index in [9.17, 15) is 15.2 Å². The zero-order chi connectivity index (χ0) is 39.4. The van der Waals surface area contributed by atoms with Gasteiger partial charge in [0.2, 0.25) is 0 Å². The van der Waals surface area contributed by atoms with Crippen LogP contribution in [-0.2, 0) is 4.79 Å². The van der Waals surface area contributed by atoms with Crippen molar-refractivity contribution in [1.82, 2.24) is 9.55 Å². The van der Waals surface area contributed by atoms with Gasteiger partial charge in [0.25, 0.3) is 0 Å². The zero-order valence-electron chi connectivity index (χ0n) is 31.2. The number of nitriles is 1. The summed E-state index contributed by atoms with van der Waals surface area (Å²) < 4.78 is 2.25. The molecular weight excluding hydrogens is 711 g/mol. The first kappa shape index (κ1) is 35.5. The van der Waals surface area contributed by atoms with Crippen LogP contribution in [0.5, 0.6) is 0 Å². The molecule has 58 heavy (non-hydrogen) atoms. The van der Waals surface area contributed by atoms with Crippen LogP contribution < -0.4 is 0 Å². The van der Waals surface area contributed by atoms with Crippen molar-refractivity contribution >= 4 is 33.6 Å². The summed E-state index contributed by atoms with van der Waals surface area (Å²) in [5.74, 6) is 6.63. The van der Waals surface area contributed by atoms with Gasteiger partial charge in [0.05, 0.1) is 11.4 Å². The monoisotopic (exact) mass is 743 g/mol. The number of aromatic nitrogens is 2. The van der Waals surface area contributed by atoms with Crippen molar-refractivity contribution in [3.63, 3.8) is 0 Å². The smallest absolute Gasteiger partial charge is 0.346 e. The van der Waals surface area contributed by atoms with Crippen LogP contribution in [0.2, 0.25) is 0 Å². The first-order chi connectivity index (χ1) is 28.6. The van der Waals surface area contributed by atoms with Crippen LogP contribution >= 0.6 is 0 Å². The van der Waals surface area contributed by atoms with Crippen LogP contribution in [0.25, 0.3) is 78.3 Å². The van der Waals surface area contributed by atoms with Gasteiger partial charge in [-0.25, -0.2) is 9.78 Å². The van der Waals surface area contributed by atoms with Crippen LogP contribution in [0.3, 0.4) is 0 Å². The lowest BCUT2D eigenvalue weighted by atomic mass is 9.88. The molecule has 0 spiro atoms. The summed E-state index contributed by atoms with van der Waals surface area (Å²) in [5.41, 5.74) is 10.3. The molecule has 1 heterocycles. The van der Waals surface area contributed by atoms with Crippen LogP contribution in [0.15, 0.2) is 194 Å². The van der Waals surface area contributed by atoms with E-state index in [0.29, 0.717) is 5.56 Å². The summed E-state index contributed by atoms with van der Waals surface area (Å²) in [6.07, 6.45) is 1.38. The normalized spacial score (nSPS) is 11.2. The molecule has 1 N–H and O–H groups in total. The van der Waals surface area contributed by atoms with Crippen molar-refractivity contribution in [3.8, 4) is 68.6 Å². The number of carboxylic acids is 1. The number of hydrogen-bond acceptors (Lipinski definition) is 3. The first-order valence-electron chi connectivity index (χ1n) is 18.9. The van der Waals surface area contributed by atoms with E-state index in [0.717, 1.165) is 83.4 Å². The summed E-state index contributed by atoms with van der Waals surface area (Å²) in [7, 11) is 0. The molecule has 0 saturated heterocycles. The Labute approximate surface area is 336 Å². The molecule has 0 atom stereocenters. The van der Waals surface area contributed by atoms with Gasteiger partial charge in [0.15, 0.2) is 0 Å². The maximum absolute atomic E-state index is 11.4. The SMILES string of the molecule is N#C/C(=C\c1ccc(-c2c3ccccc3c(C#Cc3ccc(-c4nc(-c5ccccc5)c(-c5ccccc5)n4-c4ccccc4)cc3)c3ccccc23)cc1)C(=O)O. The van der Waals surface area contributed by atoms with Gasteiger partial charge in [-0.15, -0.1) is 0 Å². The average molecular weight is 744 g/mol. The van der Waals surface area contributed by atoms with Gasteiger partial charge < -0.3 is 5.11 Å². The summed E-state index contributed by atoms with van der Waals surface area (Å²) in [6.45, 7) is 0. The average Bonchev–Trinajstić information content (AvgIpc) is 3.69. The fraction of sp³-hybridized carbons (Fsp3) is 0. The molecule has 9 rings (SSSR count). The second-order valence-electron chi connectivity index (χ2n) is 13.8. The lowest BCUT2D eigenvalue weighted by Crippen LogP contribution is -2.00. The van der Waals surface area contributed by atoms with E-state index in [1.165, 1.54) is 6.08 Å². The molecule has 0 bridgehead atoms. The highest BCUT2D eigenvalue weighted by Gasteiger charge is 2.22. The van der Waals surface area contributed by atoms with Gasteiger partial charge in [-0.3, -0.25) is 4.57 Å². The molecule has 0 aliphatic heterocycles. The molecule has 5 nitrogen and oxygen atoms in total. The molecule has 1 aromatic heterocycles. The Balaban J connectivity index is 1.14. The fourth-order valence-corrected chi connectivity index (χ4v) is 7.57. The minimum absolute atomic E-state index is 0.311. The summed E-state index contributed by atoms with van der Waals surface area (Å²) in [6, 6.07) is 65.4. The number of imidazole rings is 1. The van der Waals surface area contributed by atoms with Crippen LogP contribution in [0.4, 0.5) is 0 Å². The predicted octanol–water partition coefficient (Wildman–Crippen LogP) is 12.2. The van der Waals surface area contributed by atoms with E-state index in [2.05, 4.69) is 126 Å². The summed E-state index contributed by atoms with van der Waals surface area (Å²) in [4.78, 5) is 16.8. The van der Waals surface area contributed by atoms with Gasteiger partial charge in [0, 0.05) is 33.5 Å². The minimum atomic E-state index is -1.25. The highest BCUT2D eigenvalue weighted by atomic mass is 16.4. The molecule has 8 aromatic carbocycles.